The molecule has 4 heteroatoms. The van der Waals surface area contributed by atoms with Crippen molar-refractivity contribution in [3.63, 3.8) is 0 Å². The lowest BCUT2D eigenvalue weighted by Gasteiger charge is -2.17. The Morgan fingerprint density at radius 2 is 2.19 bits per heavy atom. The standard InChI is InChI=1S/C12H15BrINO/c1-9-5-3-6-10(11(9)14)12(16)15(2)8-4-7-13/h3,5-6H,4,7-8H2,1-2H3. The molecule has 1 amide bonds. The highest BCUT2D eigenvalue weighted by molar-refractivity contribution is 14.1. The largest absolute Gasteiger partial charge is 0.342 e. The second-order valence-corrected chi connectivity index (χ2v) is 5.58. The maximum atomic E-state index is 12.1. The minimum atomic E-state index is 0.106. The fourth-order valence-electron chi connectivity index (χ4n) is 1.42. The Hall–Kier alpha value is -0.100. The first-order valence-corrected chi connectivity index (χ1v) is 7.34. The number of nitrogens with zero attached hydrogens (tertiary/aromatic N) is 1. The summed E-state index contributed by atoms with van der Waals surface area (Å²) in [7, 11) is 1.85. The number of hydrogen-bond acceptors (Lipinski definition) is 1. The van der Waals surface area contributed by atoms with Gasteiger partial charge < -0.3 is 4.90 Å². The molecule has 0 heterocycles. The second kappa shape index (κ2) is 6.59. The van der Waals surface area contributed by atoms with E-state index in [4.69, 9.17) is 0 Å². The van der Waals surface area contributed by atoms with Crippen LogP contribution >= 0.6 is 38.5 Å². The van der Waals surface area contributed by atoms with E-state index < -0.39 is 0 Å². The molecule has 0 aliphatic carbocycles. The SMILES string of the molecule is Cc1cccc(C(=O)N(C)CCCBr)c1I. The molecule has 0 bridgehead atoms. The fourth-order valence-corrected chi connectivity index (χ4v) is 2.26. The van der Waals surface area contributed by atoms with Crippen LogP contribution in [0.25, 0.3) is 0 Å². The molecule has 0 aliphatic rings. The minimum Gasteiger partial charge on any atom is -0.342 e. The third kappa shape index (κ3) is 3.45. The summed E-state index contributed by atoms with van der Waals surface area (Å²) in [6.45, 7) is 2.81. The summed E-state index contributed by atoms with van der Waals surface area (Å²) >= 11 is 5.60. The number of carbonyl (C=O) groups excluding carboxylic acids is 1. The van der Waals surface area contributed by atoms with Crippen LogP contribution in [0.3, 0.4) is 0 Å². The van der Waals surface area contributed by atoms with Crippen LogP contribution in [-0.4, -0.2) is 29.7 Å². The molecule has 0 atom stereocenters. The van der Waals surface area contributed by atoms with E-state index in [1.54, 1.807) is 4.90 Å². The number of carbonyl (C=O) groups is 1. The van der Waals surface area contributed by atoms with E-state index in [0.717, 1.165) is 33.0 Å². The molecule has 1 rings (SSSR count). The van der Waals surface area contributed by atoms with Gasteiger partial charge in [-0.1, -0.05) is 28.1 Å². The van der Waals surface area contributed by atoms with Crippen molar-refractivity contribution >= 4 is 44.4 Å². The Kier molecular flexibility index (Phi) is 5.75. The van der Waals surface area contributed by atoms with Crippen molar-refractivity contribution in [2.45, 2.75) is 13.3 Å². The van der Waals surface area contributed by atoms with Crippen LogP contribution in [0.4, 0.5) is 0 Å². The molecule has 0 aromatic heterocycles. The highest BCUT2D eigenvalue weighted by Crippen LogP contribution is 2.18. The summed E-state index contributed by atoms with van der Waals surface area (Å²) in [6.07, 6.45) is 0.977. The predicted molar refractivity (Wildman–Crippen MR) is 79.3 cm³/mol. The van der Waals surface area contributed by atoms with Crippen molar-refractivity contribution in [3.8, 4) is 0 Å². The Balaban J connectivity index is 2.84. The van der Waals surface area contributed by atoms with Gasteiger partial charge in [0.15, 0.2) is 0 Å². The van der Waals surface area contributed by atoms with Crippen LogP contribution in [0.2, 0.25) is 0 Å². The Morgan fingerprint density at radius 3 is 2.81 bits per heavy atom. The summed E-state index contributed by atoms with van der Waals surface area (Å²) in [5.41, 5.74) is 1.96. The molecule has 0 fully saturated rings. The first-order chi connectivity index (χ1) is 7.57. The van der Waals surface area contributed by atoms with Gasteiger partial charge in [-0.25, -0.2) is 0 Å². The third-order valence-electron chi connectivity index (χ3n) is 2.40. The van der Waals surface area contributed by atoms with Gasteiger partial charge in [0.1, 0.15) is 0 Å². The summed E-state index contributed by atoms with van der Waals surface area (Å²) in [6, 6.07) is 5.85. The van der Waals surface area contributed by atoms with E-state index in [-0.39, 0.29) is 5.91 Å². The summed E-state index contributed by atoms with van der Waals surface area (Å²) < 4.78 is 1.05. The maximum absolute atomic E-state index is 12.1. The minimum absolute atomic E-state index is 0.106. The van der Waals surface area contributed by atoms with Crippen LogP contribution < -0.4 is 0 Å². The number of benzene rings is 1. The van der Waals surface area contributed by atoms with Gasteiger partial charge in [0, 0.05) is 22.5 Å². The van der Waals surface area contributed by atoms with E-state index in [9.17, 15) is 4.79 Å². The monoisotopic (exact) mass is 395 g/mol. The molecule has 0 N–H and O–H groups in total. The van der Waals surface area contributed by atoms with Crippen LogP contribution in [-0.2, 0) is 0 Å². The van der Waals surface area contributed by atoms with E-state index in [1.807, 2.05) is 32.2 Å². The summed E-state index contributed by atoms with van der Waals surface area (Å²) in [4.78, 5) is 13.9. The highest BCUT2D eigenvalue weighted by Gasteiger charge is 2.14. The lowest BCUT2D eigenvalue weighted by Crippen LogP contribution is -2.28. The van der Waals surface area contributed by atoms with Crippen molar-refractivity contribution in [2.24, 2.45) is 0 Å². The lowest BCUT2D eigenvalue weighted by atomic mass is 10.1. The number of alkyl halides is 1. The highest BCUT2D eigenvalue weighted by atomic mass is 127. The van der Waals surface area contributed by atoms with Crippen LogP contribution in [0, 0.1) is 10.5 Å². The van der Waals surface area contributed by atoms with Crippen molar-refractivity contribution in [3.05, 3.63) is 32.9 Å². The molecule has 16 heavy (non-hydrogen) atoms. The van der Waals surface area contributed by atoms with Crippen molar-refractivity contribution in [1.29, 1.82) is 0 Å². The van der Waals surface area contributed by atoms with Gasteiger partial charge in [-0.3, -0.25) is 4.79 Å². The number of amides is 1. The van der Waals surface area contributed by atoms with Gasteiger partial charge in [0.25, 0.3) is 5.91 Å². The second-order valence-electron chi connectivity index (χ2n) is 3.71. The van der Waals surface area contributed by atoms with Gasteiger partial charge in [0.2, 0.25) is 0 Å². The van der Waals surface area contributed by atoms with Gasteiger partial charge in [-0.05, 0) is 47.6 Å². The fraction of sp³-hybridized carbons (Fsp3) is 0.417. The average molecular weight is 396 g/mol. The number of hydrogen-bond donors (Lipinski definition) is 0. The molecule has 0 radical (unpaired) electrons. The summed E-state index contributed by atoms with van der Waals surface area (Å²) in [5, 5.41) is 0.926. The molecule has 1 aromatic carbocycles. The summed E-state index contributed by atoms with van der Waals surface area (Å²) in [5.74, 6) is 0.106. The van der Waals surface area contributed by atoms with Gasteiger partial charge in [-0.15, -0.1) is 0 Å². The van der Waals surface area contributed by atoms with Gasteiger partial charge >= 0.3 is 0 Å². The van der Waals surface area contributed by atoms with Crippen LogP contribution in [0.15, 0.2) is 18.2 Å². The molecule has 0 aliphatic heterocycles. The van der Waals surface area contributed by atoms with E-state index in [2.05, 4.69) is 38.5 Å². The van der Waals surface area contributed by atoms with Gasteiger partial charge in [-0.2, -0.15) is 0 Å². The molecule has 0 saturated carbocycles. The Labute approximate surface area is 119 Å². The van der Waals surface area contributed by atoms with Crippen LogP contribution in [0.5, 0.6) is 0 Å². The zero-order valence-electron chi connectivity index (χ0n) is 9.46. The molecular weight excluding hydrogens is 381 g/mol. The topological polar surface area (TPSA) is 20.3 Å². The average Bonchev–Trinajstić information content (AvgIpc) is 2.28. The molecule has 0 unspecified atom stereocenters. The molecule has 1 aromatic rings. The van der Waals surface area contributed by atoms with Crippen molar-refractivity contribution in [2.75, 3.05) is 18.9 Å². The number of halogens is 2. The molecule has 2 nitrogen and oxygen atoms in total. The normalized spacial score (nSPS) is 10.2. The van der Waals surface area contributed by atoms with Gasteiger partial charge in [0.05, 0.1) is 5.56 Å². The molecule has 0 saturated heterocycles. The number of aryl methyl sites for hydroxylation is 1. The molecule has 0 spiro atoms. The smallest absolute Gasteiger partial charge is 0.254 e. The third-order valence-corrected chi connectivity index (χ3v) is 4.39. The van der Waals surface area contributed by atoms with E-state index in [0.29, 0.717) is 0 Å². The lowest BCUT2D eigenvalue weighted by molar-refractivity contribution is 0.0794. The quantitative estimate of drug-likeness (QED) is 0.564. The zero-order chi connectivity index (χ0) is 12.1. The first-order valence-electron chi connectivity index (χ1n) is 5.14. The zero-order valence-corrected chi connectivity index (χ0v) is 13.2. The predicted octanol–water partition coefficient (Wildman–Crippen LogP) is 3.46. The van der Waals surface area contributed by atoms with E-state index >= 15 is 0 Å². The molecular formula is C12H15BrINO. The first kappa shape index (κ1) is 14.0. The van der Waals surface area contributed by atoms with E-state index in [1.165, 1.54) is 0 Å². The Morgan fingerprint density at radius 1 is 1.50 bits per heavy atom. The maximum Gasteiger partial charge on any atom is 0.254 e. The van der Waals surface area contributed by atoms with Crippen molar-refractivity contribution < 1.29 is 4.79 Å². The molecule has 88 valence electrons. The van der Waals surface area contributed by atoms with Crippen LogP contribution in [0.1, 0.15) is 22.3 Å². The van der Waals surface area contributed by atoms with Crippen molar-refractivity contribution in [1.82, 2.24) is 4.90 Å². The Bertz CT molecular complexity index is 381. The number of rotatable bonds is 4.